The van der Waals surface area contributed by atoms with Gasteiger partial charge in [0.1, 0.15) is 12.3 Å². The number of thiazole rings is 1. The Morgan fingerprint density at radius 1 is 1.17 bits per heavy atom. The summed E-state index contributed by atoms with van der Waals surface area (Å²) in [6, 6.07) is 12.0. The van der Waals surface area contributed by atoms with E-state index in [9.17, 15) is 4.79 Å². The molecule has 0 bridgehead atoms. The lowest BCUT2D eigenvalue weighted by Gasteiger charge is -2.36. The normalized spacial score (nSPS) is 15.2. The van der Waals surface area contributed by atoms with Crippen LogP contribution in [-0.2, 0) is 11.3 Å². The summed E-state index contributed by atoms with van der Waals surface area (Å²) in [5, 5.41) is 4.23. The largest absolute Gasteiger partial charge is 0.457 e. The van der Waals surface area contributed by atoms with Crippen molar-refractivity contribution in [3.63, 3.8) is 0 Å². The number of para-hydroxylation sites is 1. The molecule has 1 aliphatic rings. The van der Waals surface area contributed by atoms with E-state index in [0.29, 0.717) is 6.54 Å². The molecule has 2 aromatic heterocycles. The van der Waals surface area contributed by atoms with Crippen molar-refractivity contribution in [1.29, 1.82) is 0 Å². The van der Waals surface area contributed by atoms with E-state index in [0.717, 1.165) is 65.4 Å². The topological polar surface area (TPSA) is 74.0 Å². The lowest BCUT2D eigenvalue weighted by Crippen LogP contribution is -2.53. The summed E-state index contributed by atoms with van der Waals surface area (Å²) in [4.78, 5) is 25.0. The number of fused-ring (bicyclic) bond motifs is 1. The van der Waals surface area contributed by atoms with Gasteiger partial charge in [0.25, 0.3) is 0 Å². The molecule has 1 N–H and O–H groups in total. The van der Waals surface area contributed by atoms with Crippen LogP contribution in [0.1, 0.15) is 19.6 Å². The lowest BCUT2D eigenvalue weighted by molar-refractivity contribution is -0.130. The molecule has 4 rings (SSSR count). The molecule has 29 heavy (non-hydrogen) atoms. The highest BCUT2D eigenvalue weighted by atomic mass is 32.1. The van der Waals surface area contributed by atoms with E-state index >= 15 is 0 Å². The highest BCUT2D eigenvalue weighted by molar-refractivity contribution is 7.21. The second-order valence-corrected chi connectivity index (χ2v) is 7.95. The minimum atomic E-state index is 0.129. The Bertz CT molecular complexity index is 984. The Hall–Kier alpha value is -2.87. The Kier molecular flexibility index (Phi) is 5.80. The van der Waals surface area contributed by atoms with Crippen LogP contribution in [0, 0.1) is 0 Å². The Morgan fingerprint density at radius 3 is 2.66 bits per heavy atom. The molecule has 1 aromatic carbocycles. The predicted molar refractivity (Wildman–Crippen MR) is 116 cm³/mol. The number of piperazine rings is 1. The number of aromatic nitrogens is 1. The molecular formula is C21H25N5O2S. The molecular weight excluding hydrogens is 386 g/mol. The standard InChI is InChI=1S/C21H25N5O2S/c1-3-22-21(26-12-10-25(11-13-26)15(2)27)23-14-16-8-9-18(28-16)20-24-17-6-4-5-7-19(17)29-20/h4-9H,3,10-14H2,1-2H3,(H,22,23). The minimum Gasteiger partial charge on any atom is -0.457 e. The average Bonchev–Trinajstić information content (AvgIpc) is 3.38. The van der Waals surface area contributed by atoms with Crippen molar-refractivity contribution in [2.75, 3.05) is 32.7 Å². The molecule has 3 aromatic rings. The third-order valence-corrected chi connectivity index (χ3v) is 5.96. The van der Waals surface area contributed by atoms with Crippen LogP contribution >= 0.6 is 11.3 Å². The summed E-state index contributed by atoms with van der Waals surface area (Å²) < 4.78 is 7.16. The van der Waals surface area contributed by atoms with Gasteiger partial charge in [0.2, 0.25) is 5.91 Å². The van der Waals surface area contributed by atoms with Gasteiger partial charge in [0.05, 0.1) is 10.2 Å². The van der Waals surface area contributed by atoms with Crippen molar-refractivity contribution >= 4 is 33.4 Å². The van der Waals surface area contributed by atoms with Crippen LogP contribution in [0.5, 0.6) is 0 Å². The first-order chi connectivity index (χ1) is 14.1. The number of aliphatic imine (C=N–C) groups is 1. The number of hydrogen-bond donors (Lipinski definition) is 1. The van der Waals surface area contributed by atoms with Gasteiger partial charge in [-0.2, -0.15) is 0 Å². The maximum absolute atomic E-state index is 11.5. The summed E-state index contributed by atoms with van der Waals surface area (Å²) in [5.41, 5.74) is 0.989. The zero-order valence-corrected chi connectivity index (χ0v) is 17.5. The van der Waals surface area contributed by atoms with Crippen molar-refractivity contribution in [1.82, 2.24) is 20.1 Å². The zero-order valence-electron chi connectivity index (χ0n) is 16.7. The lowest BCUT2D eigenvalue weighted by atomic mass is 10.3. The number of furan rings is 1. The van der Waals surface area contributed by atoms with Crippen molar-refractivity contribution in [2.24, 2.45) is 4.99 Å². The molecule has 0 aliphatic carbocycles. The van der Waals surface area contributed by atoms with E-state index in [1.165, 1.54) is 0 Å². The number of nitrogens with zero attached hydrogens (tertiary/aromatic N) is 4. The Balaban J connectivity index is 1.45. The second-order valence-electron chi connectivity index (χ2n) is 6.92. The Morgan fingerprint density at radius 2 is 1.93 bits per heavy atom. The van der Waals surface area contributed by atoms with Crippen LogP contribution < -0.4 is 5.32 Å². The van der Waals surface area contributed by atoms with E-state index in [-0.39, 0.29) is 5.91 Å². The fourth-order valence-electron chi connectivity index (χ4n) is 3.37. The van der Waals surface area contributed by atoms with Crippen LogP contribution in [0.25, 0.3) is 21.0 Å². The number of rotatable bonds is 4. The first-order valence-corrected chi connectivity index (χ1v) is 10.7. The molecule has 0 atom stereocenters. The first-order valence-electron chi connectivity index (χ1n) is 9.87. The highest BCUT2D eigenvalue weighted by Crippen LogP contribution is 2.31. The zero-order chi connectivity index (χ0) is 20.2. The van der Waals surface area contributed by atoms with Gasteiger partial charge in [-0.25, -0.2) is 9.98 Å². The molecule has 152 valence electrons. The van der Waals surface area contributed by atoms with Gasteiger partial charge in [0, 0.05) is 39.6 Å². The number of nitrogens with one attached hydrogen (secondary N) is 1. The fraction of sp³-hybridized carbons (Fsp3) is 0.381. The molecule has 1 fully saturated rings. The molecule has 0 saturated carbocycles. The maximum Gasteiger partial charge on any atom is 0.219 e. The smallest absolute Gasteiger partial charge is 0.219 e. The SMILES string of the molecule is CCNC(=NCc1ccc(-c2nc3ccccc3s2)o1)N1CCN(C(C)=O)CC1. The number of guanidine groups is 1. The molecule has 8 heteroatoms. The van der Waals surface area contributed by atoms with Crippen molar-refractivity contribution in [3.8, 4) is 10.8 Å². The van der Waals surface area contributed by atoms with Gasteiger partial charge in [-0.15, -0.1) is 11.3 Å². The second kappa shape index (κ2) is 8.65. The van der Waals surface area contributed by atoms with E-state index < -0.39 is 0 Å². The van der Waals surface area contributed by atoms with Gasteiger partial charge in [-0.05, 0) is 31.2 Å². The molecule has 0 spiro atoms. The molecule has 7 nitrogen and oxygen atoms in total. The van der Waals surface area contributed by atoms with E-state index in [4.69, 9.17) is 9.41 Å². The molecule has 1 aliphatic heterocycles. The molecule has 3 heterocycles. The van der Waals surface area contributed by atoms with Gasteiger partial charge in [0.15, 0.2) is 16.7 Å². The van der Waals surface area contributed by atoms with E-state index in [2.05, 4.69) is 28.2 Å². The number of carbonyl (C=O) groups excluding carboxylic acids is 1. The monoisotopic (exact) mass is 411 g/mol. The predicted octanol–water partition coefficient (Wildman–Crippen LogP) is 3.19. The van der Waals surface area contributed by atoms with Crippen LogP contribution in [-0.4, -0.2) is 59.4 Å². The van der Waals surface area contributed by atoms with Crippen LogP contribution in [0.2, 0.25) is 0 Å². The summed E-state index contributed by atoms with van der Waals surface area (Å²) in [7, 11) is 0. The van der Waals surface area contributed by atoms with Gasteiger partial charge in [-0.3, -0.25) is 4.79 Å². The average molecular weight is 412 g/mol. The highest BCUT2D eigenvalue weighted by Gasteiger charge is 2.21. The molecule has 1 amide bonds. The van der Waals surface area contributed by atoms with Gasteiger partial charge in [-0.1, -0.05) is 12.1 Å². The molecule has 0 radical (unpaired) electrons. The van der Waals surface area contributed by atoms with Crippen LogP contribution in [0.15, 0.2) is 45.8 Å². The maximum atomic E-state index is 11.5. The first kappa shape index (κ1) is 19.4. The minimum absolute atomic E-state index is 0.129. The van der Waals surface area contributed by atoms with Gasteiger partial charge >= 0.3 is 0 Å². The van der Waals surface area contributed by atoms with E-state index in [1.807, 2.05) is 35.2 Å². The van der Waals surface area contributed by atoms with Crippen molar-refractivity contribution in [2.45, 2.75) is 20.4 Å². The fourth-order valence-corrected chi connectivity index (χ4v) is 4.29. The molecule has 1 saturated heterocycles. The van der Waals surface area contributed by atoms with Crippen LogP contribution in [0.3, 0.4) is 0 Å². The number of carbonyl (C=O) groups is 1. The molecule has 0 unspecified atom stereocenters. The van der Waals surface area contributed by atoms with Crippen LogP contribution in [0.4, 0.5) is 0 Å². The van der Waals surface area contributed by atoms with Crippen molar-refractivity contribution < 1.29 is 9.21 Å². The number of benzene rings is 1. The van der Waals surface area contributed by atoms with Gasteiger partial charge < -0.3 is 19.5 Å². The number of amides is 1. The van der Waals surface area contributed by atoms with E-state index in [1.54, 1.807) is 18.3 Å². The third-order valence-electron chi connectivity index (χ3n) is 4.91. The number of hydrogen-bond acceptors (Lipinski definition) is 5. The van der Waals surface area contributed by atoms with Crippen molar-refractivity contribution in [3.05, 3.63) is 42.2 Å². The summed E-state index contributed by atoms with van der Waals surface area (Å²) >= 11 is 1.63. The Labute approximate surface area is 174 Å². The third kappa shape index (κ3) is 4.42. The quantitative estimate of drug-likeness (QED) is 0.527. The summed E-state index contributed by atoms with van der Waals surface area (Å²) in [6.07, 6.45) is 0. The summed E-state index contributed by atoms with van der Waals surface area (Å²) in [6.45, 7) is 7.93. The summed E-state index contributed by atoms with van der Waals surface area (Å²) in [5.74, 6) is 2.56.